The van der Waals surface area contributed by atoms with Gasteiger partial charge in [0.15, 0.2) is 0 Å². The maximum atomic E-state index is 13.5. The second-order valence-corrected chi connectivity index (χ2v) is 19.3. The summed E-state index contributed by atoms with van der Waals surface area (Å²) in [5.74, 6) is 0.525. The lowest BCUT2D eigenvalue weighted by molar-refractivity contribution is -0.253. The fourth-order valence-electron chi connectivity index (χ4n) is 12.5. The number of nitrogens with zero attached hydrogens (tertiary/aromatic N) is 4. The van der Waals surface area contributed by atoms with Crippen molar-refractivity contribution in [1.82, 2.24) is 25.5 Å². The van der Waals surface area contributed by atoms with Crippen LogP contribution in [-0.2, 0) is 14.3 Å². The summed E-state index contributed by atoms with van der Waals surface area (Å²) in [5, 5.41) is 27.9. The highest BCUT2D eigenvalue weighted by molar-refractivity contribution is 5.73. The van der Waals surface area contributed by atoms with Gasteiger partial charge in [-0.25, -0.2) is 0 Å². The normalized spacial score (nSPS) is 43.2. The number of aliphatic carboxylic acids is 1. The van der Waals surface area contributed by atoms with Gasteiger partial charge in [0, 0.05) is 16.9 Å². The Kier molecular flexibility index (Phi) is 9.21. The molecular formula is C39H66N6O4. The molecule has 4 fully saturated rings. The van der Waals surface area contributed by atoms with Crippen molar-refractivity contribution in [2.45, 2.75) is 133 Å². The number of tetrazole rings is 1. The first-order valence-electron chi connectivity index (χ1n) is 19.2. The summed E-state index contributed by atoms with van der Waals surface area (Å²) in [6.07, 6.45) is 7.98. The van der Waals surface area contributed by atoms with E-state index in [1.165, 1.54) is 5.57 Å². The zero-order valence-corrected chi connectivity index (χ0v) is 32.3. The summed E-state index contributed by atoms with van der Waals surface area (Å²) in [6, 6.07) is 0.0185. The van der Waals surface area contributed by atoms with E-state index in [4.69, 9.17) is 15.2 Å². The van der Waals surface area contributed by atoms with Gasteiger partial charge >= 0.3 is 5.97 Å². The number of allylic oxidation sites excluding steroid dienone is 1. The Morgan fingerprint density at radius 1 is 1.14 bits per heavy atom. The first kappa shape index (κ1) is 36.7. The van der Waals surface area contributed by atoms with E-state index in [0.717, 1.165) is 45.1 Å². The van der Waals surface area contributed by atoms with E-state index in [0.29, 0.717) is 43.5 Å². The molecule has 10 nitrogen and oxygen atoms in total. The van der Waals surface area contributed by atoms with Gasteiger partial charge in [-0.05, 0) is 95.6 Å². The quantitative estimate of drug-likeness (QED) is 0.240. The molecule has 1 aliphatic heterocycles. The maximum absolute atomic E-state index is 13.5. The molecule has 3 saturated carbocycles. The van der Waals surface area contributed by atoms with Crippen LogP contribution in [0.3, 0.4) is 0 Å². The second kappa shape index (κ2) is 12.3. The number of rotatable bonds is 9. The summed E-state index contributed by atoms with van der Waals surface area (Å²) in [5.41, 5.74) is 6.34. The number of likely N-dealkylation sites (N-methyl/N-ethyl adjacent to an activating group) is 1. The number of ether oxygens (including phenoxy) is 2. The molecule has 1 aromatic heterocycles. The van der Waals surface area contributed by atoms with Crippen molar-refractivity contribution in [2.24, 2.45) is 62.1 Å². The standard InChI is InChI=1S/C39H66N6O4/c1-12-41-29(34(5,6)7)20-49-31-27(45-43-33(40)42-44-45)19-39-22-48-21-36(31,9)28(39)14-13-25-26(39)15-16-38(11)30(32(46)47)35(8,24(4)23(2)3)17-18-37(25,38)10/h15,23-25,27-31,41H,12-14,16-22H2,1-11H3,(H2,40,43)(H,46,47)/t24-,25+,27-,28+,29+,30-,31+,35-,36-,37-,38+,39+/m1/s1. The lowest BCUT2D eigenvalue weighted by Gasteiger charge is -2.71. The molecule has 276 valence electrons. The summed E-state index contributed by atoms with van der Waals surface area (Å²) in [6.45, 7) is 27.8. The summed E-state index contributed by atoms with van der Waals surface area (Å²) in [4.78, 5) is 15.2. The minimum Gasteiger partial charge on any atom is -0.481 e. The van der Waals surface area contributed by atoms with E-state index in [9.17, 15) is 9.90 Å². The first-order valence-corrected chi connectivity index (χ1v) is 19.2. The monoisotopic (exact) mass is 683 g/mol. The number of carboxylic acid groups (broad SMARTS) is 1. The van der Waals surface area contributed by atoms with Crippen LogP contribution in [0.25, 0.3) is 0 Å². The molecule has 2 heterocycles. The number of hydrogen-bond acceptors (Lipinski definition) is 8. The molecule has 4 N–H and O–H groups in total. The minimum absolute atomic E-state index is 0.0216. The first-order chi connectivity index (χ1) is 22.8. The van der Waals surface area contributed by atoms with Gasteiger partial charge < -0.3 is 25.6 Å². The van der Waals surface area contributed by atoms with Gasteiger partial charge in [0.25, 0.3) is 5.95 Å². The molecule has 5 aliphatic rings. The highest BCUT2D eigenvalue weighted by Gasteiger charge is 2.72. The van der Waals surface area contributed by atoms with Crippen molar-refractivity contribution in [3.63, 3.8) is 0 Å². The molecule has 1 aromatic rings. The fourth-order valence-corrected chi connectivity index (χ4v) is 12.5. The molecule has 4 aliphatic carbocycles. The molecule has 2 bridgehead atoms. The van der Waals surface area contributed by atoms with Crippen molar-refractivity contribution in [3.05, 3.63) is 11.6 Å². The van der Waals surface area contributed by atoms with Crippen molar-refractivity contribution in [3.8, 4) is 0 Å². The lowest BCUT2D eigenvalue weighted by atomic mass is 9.34. The van der Waals surface area contributed by atoms with Gasteiger partial charge in [-0.3, -0.25) is 4.79 Å². The van der Waals surface area contributed by atoms with E-state index < -0.39 is 11.9 Å². The van der Waals surface area contributed by atoms with Crippen LogP contribution in [-0.4, -0.2) is 69.8 Å². The van der Waals surface area contributed by atoms with Crippen LogP contribution in [0.15, 0.2) is 11.6 Å². The largest absolute Gasteiger partial charge is 0.481 e. The minimum atomic E-state index is -0.626. The molecule has 49 heavy (non-hydrogen) atoms. The van der Waals surface area contributed by atoms with E-state index >= 15 is 0 Å². The van der Waals surface area contributed by atoms with E-state index in [1.54, 1.807) is 4.80 Å². The van der Waals surface area contributed by atoms with Crippen molar-refractivity contribution >= 4 is 11.9 Å². The second-order valence-electron chi connectivity index (χ2n) is 19.3. The van der Waals surface area contributed by atoms with Crippen LogP contribution in [0, 0.1) is 62.1 Å². The average molecular weight is 683 g/mol. The van der Waals surface area contributed by atoms with Crippen LogP contribution in [0.1, 0.15) is 121 Å². The molecule has 12 atom stereocenters. The molecular weight excluding hydrogens is 616 g/mol. The number of fused-ring (bicyclic) bond motifs is 3. The molecule has 0 spiro atoms. The maximum Gasteiger partial charge on any atom is 0.307 e. The van der Waals surface area contributed by atoms with Gasteiger partial charge in [-0.1, -0.05) is 92.9 Å². The van der Waals surface area contributed by atoms with Gasteiger partial charge in [0.1, 0.15) is 6.04 Å². The van der Waals surface area contributed by atoms with Gasteiger partial charge in [-0.15, -0.1) is 5.10 Å². The van der Waals surface area contributed by atoms with Crippen molar-refractivity contribution in [1.29, 1.82) is 0 Å². The number of carboxylic acids is 1. The highest BCUT2D eigenvalue weighted by Crippen LogP contribution is 2.75. The Bertz CT molecular complexity index is 1440. The molecule has 0 radical (unpaired) electrons. The molecule has 6 rings (SSSR count). The van der Waals surface area contributed by atoms with Crippen LogP contribution in [0.2, 0.25) is 0 Å². The van der Waals surface area contributed by atoms with Crippen LogP contribution < -0.4 is 11.1 Å². The zero-order chi connectivity index (χ0) is 35.9. The Morgan fingerprint density at radius 2 is 1.86 bits per heavy atom. The zero-order valence-electron chi connectivity index (χ0n) is 32.3. The number of nitrogens with one attached hydrogen (secondary N) is 1. The van der Waals surface area contributed by atoms with Gasteiger partial charge in [-0.2, -0.15) is 4.80 Å². The van der Waals surface area contributed by atoms with Crippen LogP contribution in [0.4, 0.5) is 5.95 Å². The fraction of sp³-hybridized carbons (Fsp3) is 0.897. The summed E-state index contributed by atoms with van der Waals surface area (Å²) < 4.78 is 13.8. The van der Waals surface area contributed by atoms with Gasteiger partial charge in [0.2, 0.25) is 0 Å². The number of anilines is 1. The Hall–Kier alpha value is -2.04. The topological polar surface area (TPSA) is 137 Å². The average Bonchev–Trinajstić information content (AvgIpc) is 3.45. The molecule has 0 amide bonds. The third-order valence-electron chi connectivity index (χ3n) is 15.8. The van der Waals surface area contributed by atoms with E-state index in [-0.39, 0.29) is 56.6 Å². The molecule has 0 unspecified atom stereocenters. The highest BCUT2D eigenvalue weighted by atomic mass is 16.5. The van der Waals surface area contributed by atoms with Crippen molar-refractivity contribution < 1.29 is 19.4 Å². The summed E-state index contributed by atoms with van der Waals surface area (Å²) in [7, 11) is 0. The smallest absolute Gasteiger partial charge is 0.307 e. The van der Waals surface area contributed by atoms with Crippen LogP contribution in [0.5, 0.6) is 0 Å². The van der Waals surface area contributed by atoms with E-state index in [1.807, 2.05) is 0 Å². The SMILES string of the molecule is CCN[C@@H](CO[C@H]1[C@H](n2nnc(N)n2)C[C@@]23COC[C@]1(C)[C@@H]2CC[C@H]1C3=CC[C@@]2(C)[C@H](C(=O)O)[C@@](C)([C@H](C)C(C)C)CC[C@]12C)C(C)(C)C. The van der Waals surface area contributed by atoms with Crippen LogP contribution >= 0.6 is 0 Å². The lowest BCUT2D eigenvalue weighted by Crippen LogP contribution is -2.69. The molecule has 1 saturated heterocycles. The Labute approximate surface area is 295 Å². The molecule has 0 aromatic carbocycles. The molecule has 10 heteroatoms. The van der Waals surface area contributed by atoms with Gasteiger partial charge in [0.05, 0.1) is 31.8 Å². The third-order valence-corrected chi connectivity index (χ3v) is 15.8. The van der Waals surface area contributed by atoms with Crippen molar-refractivity contribution in [2.75, 3.05) is 32.1 Å². The summed E-state index contributed by atoms with van der Waals surface area (Å²) >= 11 is 0. The van der Waals surface area contributed by atoms with E-state index in [2.05, 4.69) is 103 Å². The number of nitrogen functional groups attached to an aromatic ring is 1. The predicted molar refractivity (Wildman–Crippen MR) is 191 cm³/mol. The number of hydrogen-bond donors (Lipinski definition) is 3. The number of carbonyl (C=O) groups is 1. The Balaban J connectivity index is 1.43. The third kappa shape index (κ3) is 5.34. The predicted octanol–water partition coefficient (Wildman–Crippen LogP) is 6.79. The number of nitrogens with two attached hydrogens (primary N) is 1. The number of aromatic nitrogens is 4. The Morgan fingerprint density at radius 3 is 2.45 bits per heavy atom.